The molecule has 0 spiro atoms. The van der Waals surface area contributed by atoms with Gasteiger partial charge in [0.1, 0.15) is 0 Å². The van der Waals surface area contributed by atoms with E-state index in [0.717, 1.165) is 0 Å². The number of halogens is 1. The van der Waals surface area contributed by atoms with Crippen LogP contribution in [0.4, 0.5) is 5.69 Å². The summed E-state index contributed by atoms with van der Waals surface area (Å²) in [7, 11) is 0. The number of aromatic nitrogens is 1. The fourth-order valence-corrected chi connectivity index (χ4v) is 1.73. The molecular formula is C11H13BrN2O6. The van der Waals surface area contributed by atoms with Gasteiger partial charge in [-0.1, -0.05) is 0 Å². The lowest BCUT2D eigenvalue weighted by molar-refractivity contribution is -0.387. The van der Waals surface area contributed by atoms with E-state index in [1.807, 2.05) is 0 Å². The zero-order valence-electron chi connectivity index (χ0n) is 10.9. The van der Waals surface area contributed by atoms with Crippen LogP contribution in [0.2, 0.25) is 0 Å². The number of rotatable bonds is 7. The van der Waals surface area contributed by atoms with Gasteiger partial charge in [0.25, 0.3) is 5.88 Å². The standard InChI is InChI=1S/C11H13BrN2O6/c1-3-18-8(15)6-20-11-9(14(16)17)10(19-4-2)7(12)5-13-11/h5H,3-4,6H2,1-2H3. The van der Waals surface area contributed by atoms with E-state index < -0.39 is 23.2 Å². The normalized spacial score (nSPS) is 9.95. The quantitative estimate of drug-likeness (QED) is 0.422. The molecule has 1 aromatic rings. The SMILES string of the molecule is CCOC(=O)COc1ncc(Br)c(OCC)c1[N+](=O)[O-]. The lowest BCUT2D eigenvalue weighted by atomic mass is 10.3. The van der Waals surface area contributed by atoms with Crippen LogP contribution < -0.4 is 9.47 Å². The molecule has 1 aromatic heterocycles. The third-order valence-corrected chi connectivity index (χ3v) is 2.60. The molecule has 1 heterocycles. The predicted molar refractivity (Wildman–Crippen MR) is 71.9 cm³/mol. The van der Waals surface area contributed by atoms with Gasteiger partial charge in [-0.25, -0.2) is 9.78 Å². The second kappa shape index (κ2) is 7.63. The first kappa shape index (κ1) is 16.2. The molecule has 0 radical (unpaired) electrons. The fourth-order valence-electron chi connectivity index (χ4n) is 1.32. The molecule has 0 saturated heterocycles. The van der Waals surface area contributed by atoms with Crippen LogP contribution in [0, 0.1) is 10.1 Å². The van der Waals surface area contributed by atoms with Gasteiger partial charge in [0, 0.05) is 6.20 Å². The predicted octanol–water partition coefficient (Wildman–Crippen LogP) is 2.09. The molecule has 0 bridgehead atoms. The molecule has 0 fully saturated rings. The number of nitro groups is 1. The van der Waals surface area contributed by atoms with E-state index in [9.17, 15) is 14.9 Å². The summed E-state index contributed by atoms with van der Waals surface area (Å²) in [4.78, 5) is 25.4. The summed E-state index contributed by atoms with van der Waals surface area (Å²) in [6.45, 7) is 3.30. The molecule has 0 N–H and O–H groups in total. The molecule has 0 aliphatic heterocycles. The summed E-state index contributed by atoms with van der Waals surface area (Å²) in [5.74, 6) is -0.925. The van der Waals surface area contributed by atoms with Gasteiger partial charge in [0.05, 0.1) is 22.6 Å². The summed E-state index contributed by atoms with van der Waals surface area (Å²) >= 11 is 3.12. The number of nitrogens with zero attached hydrogens (tertiary/aromatic N) is 2. The van der Waals surface area contributed by atoms with Crippen molar-refractivity contribution in [3.8, 4) is 11.6 Å². The molecular weight excluding hydrogens is 336 g/mol. The molecule has 9 heteroatoms. The summed E-state index contributed by atoms with van der Waals surface area (Å²) in [6.07, 6.45) is 1.30. The number of pyridine rings is 1. The Bertz CT molecular complexity index is 508. The van der Waals surface area contributed by atoms with Crippen LogP contribution in [-0.4, -0.2) is 35.7 Å². The van der Waals surface area contributed by atoms with E-state index in [-0.39, 0.29) is 24.8 Å². The van der Waals surface area contributed by atoms with Gasteiger partial charge in [-0.3, -0.25) is 10.1 Å². The van der Waals surface area contributed by atoms with Crippen molar-refractivity contribution in [3.63, 3.8) is 0 Å². The number of hydrogen-bond acceptors (Lipinski definition) is 7. The minimum absolute atomic E-state index is 0.00589. The average molecular weight is 349 g/mol. The molecule has 0 aliphatic carbocycles. The number of carbonyl (C=O) groups is 1. The average Bonchev–Trinajstić information content (AvgIpc) is 2.39. The van der Waals surface area contributed by atoms with Crippen LogP contribution in [0.15, 0.2) is 10.7 Å². The first-order valence-corrected chi connectivity index (χ1v) is 6.54. The van der Waals surface area contributed by atoms with E-state index in [2.05, 4.69) is 25.7 Å². The van der Waals surface area contributed by atoms with Gasteiger partial charge in [-0.2, -0.15) is 0 Å². The van der Waals surface area contributed by atoms with E-state index in [0.29, 0.717) is 4.47 Å². The maximum atomic E-state index is 11.2. The van der Waals surface area contributed by atoms with Crippen molar-refractivity contribution in [1.82, 2.24) is 4.98 Å². The van der Waals surface area contributed by atoms with Gasteiger partial charge < -0.3 is 14.2 Å². The highest BCUT2D eigenvalue weighted by Crippen LogP contribution is 2.40. The fraction of sp³-hybridized carbons (Fsp3) is 0.455. The van der Waals surface area contributed by atoms with Crippen molar-refractivity contribution in [2.75, 3.05) is 19.8 Å². The highest BCUT2D eigenvalue weighted by Gasteiger charge is 2.27. The Hall–Kier alpha value is -1.90. The van der Waals surface area contributed by atoms with E-state index >= 15 is 0 Å². The monoisotopic (exact) mass is 348 g/mol. The van der Waals surface area contributed by atoms with Crippen molar-refractivity contribution in [1.29, 1.82) is 0 Å². The molecule has 0 amide bonds. The molecule has 8 nitrogen and oxygen atoms in total. The van der Waals surface area contributed by atoms with Crippen LogP contribution in [0.3, 0.4) is 0 Å². The molecule has 110 valence electrons. The number of carbonyl (C=O) groups excluding carboxylic acids is 1. The summed E-state index contributed by atoms with van der Waals surface area (Å²) in [5, 5.41) is 11.1. The summed E-state index contributed by atoms with van der Waals surface area (Å²) in [6, 6.07) is 0. The lowest BCUT2D eigenvalue weighted by Gasteiger charge is -2.10. The first-order chi connectivity index (χ1) is 9.51. The molecule has 0 aliphatic rings. The van der Waals surface area contributed by atoms with Gasteiger partial charge in [0.15, 0.2) is 6.61 Å². The zero-order valence-corrected chi connectivity index (χ0v) is 12.5. The van der Waals surface area contributed by atoms with E-state index in [1.165, 1.54) is 6.20 Å². The molecule has 0 saturated carbocycles. The van der Waals surface area contributed by atoms with E-state index in [1.54, 1.807) is 13.8 Å². The van der Waals surface area contributed by atoms with Crippen LogP contribution in [0.1, 0.15) is 13.8 Å². The van der Waals surface area contributed by atoms with Crippen molar-refractivity contribution in [3.05, 3.63) is 20.8 Å². The van der Waals surface area contributed by atoms with Crippen LogP contribution in [0.5, 0.6) is 11.6 Å². The Morgan fingerprint density at radius 1 is 1.40 bits per heavy atom. The maximum absolute atomic E-state index is 11.2. The lowest BCUT2D eigenvalue weighted by Crippen LogP contribution is -2.16. The molecule has 1 rings (SSSR count). The Balaban J connectivity index is 3.03. The van der Waals surface area contributed by atoms with Crippen LogP contribution in [-0.2, 0) is 9.53 Å². The van der Waals surface area contributed by atoms with Gasteiger partial charge in [-0.15, -0.1) is 0 Å². The minimum Gasteiger partial charge on any atom is -0.486 e. The highest BCUT2D eigenvalue weighted by atomic mass is 79.9. The van der Waals surface area contributed by atoms with Crippen molar-refractivity contribution >= 4 is 27.6 Å². The maximum Gasteiger partial charge on any atom is 0.373 e. The summed E-state index contributed by atoms with van der Waals surface area (Å²) < 4.78 is 15.2. The zero-order chi connectivity index (χ0) is 15.1. The largest absolute Gasteiger partial charge is 0.486 e. The Labute approximate surface area is 123 Å². The van der Waals surface area contributed by atoms with Crippen LogP contribution in [0.25, 0.3) is 0 Å². The second-order valence-corrected chi connectivity index (χ2v) is 4.23. The molecule has 0 aromatic carbocycles. The van der Waals surface area contributed by atoms with Crippen molar-refractivity contribution in [2.45, 2.75) is 13.8 Å². The summed E-state index contributed by atoms with van der Waals surface area (Å²) in [5.41, 5.74) is -0.439. The molecule has 0 unspecified atom stereocenters. The first-order valence-electron chi connectivity index (χ1n) is 5.75. The second-order valence-electron chi connectivity index (χ2n) is 3.37. The Morgan fingerprint density at radius 3 is 2.65 bits per heavy atom. The van der Waals surface area contributed by atoms with Gasteiger partial charge in [0.2, 0.25) is 5.75 Å². The third kappa shape index (κ3) is 4.05. The molecule has 20 heavy (non-hydrogen) atoms. The third-order valence-electron chi connectivity index (χ3n) is 2.03. The van der Waals surface area contributed by atoms with E-state index in [4.69, 9.17) is 9.47 Å². The molecule has 0 atom stereocenters. The van der Waals surface area contributed by atoms with Gasteiger partial charge >= 0.3 is 11.7 Å². The van der Waals surface area contributed by atoms with Crippen molar-refractivity contribution in [2.24, 2.45) is 0 Å². The smallest absolute Gasteiger partial charge is 0.373 e. The minimum atomic E-state index is -0.677. The number of ether oxygens (including phenoxy) is 3. The Kier molecular flexibility index (Phi) is 6.16. The van der Waals surface area contributed by atoms with Crippen LogP contribution >= 0.6 is 15.9 Å². The topological polar surface area (TPSA) is 101 Å². The van der Waals surface area contributed by atoms with Crippen molar-refractivity contribution < 1.29 is 23.9 Å². The number of hydrogen-bond donors (Lipinski definition) is 0. The number of esters is 1. The van der Waals surface area contributed by atoms with Gasteiger partial charge in [-0.05, 0) is 29.8 Å². The Morgan fingerprint density at radius 2 is 2.10 bits per heavy atom. The highest BCUT2D eigenvalue weighted by molar-refractivity contribution is 9.10.